The summed E-state index contributed by atoms with van der Waals surface area (Å²) in [4.78, 5) is 16.6. The molecule has 2 saturated heterocycles. The van der Waals surface area contributed by atoms with Crippen LogP contribution in [-0.4, -0.2) is 44.2 Å². The van der Waals surface area contributed by atoms with Gasteiger partial charge in [0.1, 0.15) is 0 Å². The lowest BCUT2D eigenvalue weighted by Crippen LogP contribution is -2.60. The molecule has 0 spiro atoms. The second-order valence-electron chi connectivity index (χ2n) is 7.17. The van der Waals surface area contributed by atoms with E-state index in [2.05, 4.69) is 59.2 Å². The largest absolute Gasteiger partial charge is 0.324 e. The molecule has 0 unspecified atom stereocenters. The minimum absolute atomic E-state index is 0.124. The average Bonchev–Trinajstić information content (AvgIpc) is 3.15. The first-order valence-corrected chi connectivity index (χ1v) is 8.72. The third-order valence-electron chi connectivity index (χ3n) is 5.49. The molecule has 5 nitrogen and oxygen atoms in total. The van der Waals surface area contributed by atoms with E-state index in [0.29, 0.717) is 12.3 Å². The average molecular weight is 324 g/mol. The number of hydrogen-bond acceptors (Lipinski definition) is 3. The second kappa shape index (κ2) is 5.74. The van der Waals surface area contributed by atoms with Gasteiger partial charge in [0.25, 0.3) is 0 Å². The van der Waals surface area contributed by atoms with Gasteiger partial charge in [-0.25, -0.2) is 4.68 Å². The van der Waals surface area contributed by atoms with Crippen LogP contribution in [0, 0.1) is 6.92 Å². The third kappa shape index (κ3) is 2.53. The van der Waals surface area contributed by atoms with Gasteiger partial charge in [-0.3, -0.25) is 9.69 Å². The van der Waals surface area contributed by atoms with Crippen LogP contribution in [0.3, 0.4) is 0 Å². The lowest BCUT2D eigenvalue weighted by Gasteiger charge is -2.48. The summed E-state index contributed by atoms with van der Waals surface area (Å²) >= 11 is 0. The number of nitrogens with zero attached hydrogens (tertiary/aromatic N) is 4. The standard InChI is InChI=1S/C19H24N4O/c1-15-4-6-17(7-5-15)23-14-16(12-20-23)13-21-10-3-11-22-18(24)8-9-19(21,22)2/h4-7,12,14H,3,8-11,13H2,1-2H3/t19-/m1/s1. The van der Waals surface area contributed by atoms with Gasteiger partial charge in [-0.1, -0.05) is 17.7 Å². The fourth-order valence-electron chi connectivity index (χ4n) is 3.99. The molecule has 2 fully saturated rings. The summed E-state index contributed by atoms with van der Waals surface area (Å²) in [6, 6.07) is 8.38. The molecule has 0 saturated carbocycles. The van der Waals surface area contributed by atoms with Crippen LogP contribution in [-0.2, 0) is 11.3 Å². The molecule has 2 aromatic rings. The predicted molar refractivity (Wildman–Crippen MR) is 92.7 cm³/mol. The van der Waals surface area contributed by atoms with Crippen LogP contribution in [0.25, 0.3) is 5.69 Å². The van der Waals surface area contributed by atoms with Crippen molar-refractivity contribution in [1.29, 1.82) is 0 Å². The smallest absolute Gasteiger partial charge is 0.224 e. The maximum absolute atomic E-state index is 12.1. The van der Waals surface area contributed by atoms with Gasteiger partial charge in [0, 0.05) is 37.8 Å². The molecule has 1 aromatic heterocycles. The summed E-state index contributed by atoms with van der Waals surface area (Å²) < 4.78 is 1.93. The van der Waals surface area contributed by atoms with E-state index in [9.17, 15) is 4.79 Å². The topological polar surface area (TPSA) is 41.4 Å². The van der Waals surface area contributed by atoms with Gasteiger partial charge in [-0.05, 0) is 38.8 Å². The summed E-state index contributed by atoms with van der Waals surface area (Å²) in [5, 5.41) is 4.51. The summed E-state index contributed by atoms with van der Waals surface area (Å²) in [6.45, 7) is 7.07. The van der Waals surface area contributed by atoms with Crippen molar-refractivity contribution in [1.82, 2.24) is 19.6 Å². The van der Waals surface area contributed by atoms with Crippen molar-refractivity contribution < 1.29 is 4.79 Å². The highest BCUT2D eigenvalue weighted by Gasteiger charge is 2.47. The van der Waals surface area contributed by atoms with Crippen molar-refractivity contribution in [3.63, 3.8) is 0 Å². The van der Waals surface area contributed by atoms with E-state index in [-0.39, 0.29) is 5.66 Å². The van der Waals surface area contributed by atoms with E-state index in [4.69, 9.17) is 0 Å². The van der Waals surface area contributed by atoms with Crippen molar-refractivity contribution in [3.05, 3.63) is 47.8 Å². The normalized spacial score (nSPS) is 24.4. The number of fused-ring (bicyclic) bond motifs is 1. The van der Waals surface area contributed by atoms with Crippen molar-refractivity contribution in [2.75, 3.05) is 13.1 Å². The number of carbonyl (C=O) groups excluding carboxylic acids is 1. The molecule has 2 aliphatic heterocycles. The van der Waals surface area contributed by atoms with Crippen LogP contribution in [0.5, 0.6) is 0 Å². The molecule has 2 aliphatic rings. The quantitative estimate of drug-likeness (QED) is 0.872. The minimum Gasteiger partial charge on any atom is -0.324 e. The van der Waals surface area contributed by atoms with Crippen LogP contribution in [0.15, 0.2) is 36.7 Å². The molecule has 0 N–H and O–H groups in total. The number of benzene rings is 1. The fourth-order valence-corrected chi connectivity index (χ4v) is 3.99. The van der Waals surface area contributed by atoms with Gasteiger partial charge in [-0.2, -0.15) is 5.10 Å². The Labute approximate surface area is 142 Å². The third-order valence-corrected chi connectivity index (χ3v) is 5.49. The van der Waals surface area contributed by atoms with Gasteiger partial charge < -0.3 is 4.90 Å². The van der Waals surface area contributed by atoms with Gasteiger partial charge >= 0.3 is 0 Å². The van der Waals surface area contributed by atoms with Crippen molar-refractivity contribution in [2.24, 2.45) is 0 Å². The van der Waals surface area contributed by atoms with Gasteiger partial charge in [0.05, 0.1) is 17.5 Å². The monoisotopic (exact) mass is 324 g/mol. The molecular formula is C19H24N4O. The zero-order valence-electron chi connectivity index (χ0n) is 14.4. The number of carbonyl (C=O) groups is 1. The first-order valence-electron chi connectivity index (χ1n) is 8.72. The summed E-state index contributed by atoms with van der Waals surface area (Å²) in [5.41, 5.74) is 3.40. The zero-order valence-corrected chi connectivity index (χ0v) is 14.4. The highest BCUT2D eigenvalue weighted by atomic mass is 16.2. The number of rotatable bonds is 3. The maximum atomic E-state index is 12.1. The Bertz CT molecular complexity index is 751. The van der Waals surface area contributed by atoms with Crippen LogP contribution < -0.4 is 0 Å². The first kappa shape index (κ1) is 15.4. The molecule has 0 aliphatic carbocycles. The van der Waals surface area contributed by atoms with Crippen LogP contribution in [0.1, 0.15) is 37.3 Å². The van der Waals surface area contributed by atoms with Gasteiger partial charge in [0.15, 0.2) is 0 Å². The van der Waals surface area contributed by atoms with Crippen molar-refractivity contribution in [2.45, 2.75) is 45.3 Å². The van der Waals surface area contributed by atoms with E-state index in [1.807, 2.05) is 10.9 Å². The molecule has 5 heteroatoms. The zero-order chi connectivity index (χ0) is 16.7. The van der Waals surface area contributed by atoms with E-state index >= 15 is 0 Å². The van der Waals surface area contributed by atoms with Crippen LogP contribution >= 0.6 is 0 Å². The fraction of sp³-hybridized carbons (Fsp3) is 0.474. The molecule has 1 aromatic carbocycles. The Morgan fingerprint density at radius 1 is 1.21 bits per heavy atom. The number of aryl methyl sites for hydroxylation is 1. The lowest BCUT2D eigenvalue weighted by molar-refractivity contribution is -0.141. The summed E-state index contributed by atoms with van der Waals surface area (Å²) in [5.74, 6) is 0.303. The predicted octanol–water partition coefficient (Wildman–Crippen LogP) is 2.73. The summed E-state index contributed by atoms with van der Waals surface area (Å²) in [6.07, 6.45) is 6.70. The maximum Gasteiger partial charge on any atom is 0.224 e. The molecular weight excluding hydrogens is 300 g/mol. The lowest BCUT2D eigenvalue weighted by atomic mass is 10.0. The van der Waals surface area contributed by atoms with Gasteiger partial charge in [0.2, 0.25) is 5.91 Å². The highest BCUT2D eigenvalue weighted by Crippen LogP contribution is 2.37. The number of aromatic nitrogens is 2. The van der Waals surface area contributed by atoms with Crippen LogP contribution in [0.4, 0.5) is 0 Å². The number of amides is 1. The van der Waals surface area contributed by atoms with Gasteiger partial charge in [-0.15, -0.1) is 0 Å². The molecule has 1 amide bonds. The Morgan fingerprint density at radius 2 is 2.00 bits per heavy atom. The molecule has 3 heterocycles. The minimum atomic E-state index is -0.124. The van der Waals surface area contributed by atoms with E-state index in [1.165, 1.54) is 11.1 Å². The van der Waals surface area contributed by atoms with E-state index in [1.54, 1.807) is 0 Å². The molecule has 1 atom stereocenters. The molecule has 4 rings (SSSR count). The molecule has 24 heavy (non-hydrogen) atoms. The second-order valence-corrected chi connectivity index (χ2v) is 7.17. The Hall–Kier alpha value is -2.14. The Morgan fingerprint density at radius 3 is 2.79 bits per heavy atom. The van der Waals surface area contributed by atoms with E-state index < -0.39 is 0 Å². The molecule has 0 radical (unpaired) electrons. The van der Waals surface area contributed by atoms with E-state index in [0.717, 1.165) is 38.2 Å². The Kier molecular flexibility index (Phi) is 3.68. The SMILES string of the molecule is Cc1ccc(-n2cc(CN3CCCN4C(=O)CC[C@]34C)cn2)cc1. The first-order chi connectivity index (χ1) is 11.6. The number of hydrogen-bond donors (Lipinski definition) is 0. The Balaban J connectivity index is 1.53. The summed E-state index contributed by atoms with van der Waals surface area (Å²) in [7, 11) is 0. The molecule has 0 bridgehead atoms. The molecule has 126 valence electrons. The van der Waals surface area contributed by atoms with Crippen molar-refractivity contribution >= 4 is 5.91 Å². The van der Waals surface area contributed by atoms with Crippen LogP contribution in [0.2, 0.25) is 0 Å². The highest BCUT2D eigenvalue weighted by molar-refractivity contribution is 5.79. The van der Waals surface area contributed by atoms with Crippen molar-refractivity contribution in [3.8, 4) is 5.69 Å².